The Bertz CT molecular complexity index is 991. The molecular formula is C29H44BrN5O2S. The summed E-state index contributed by atoms with van der Waals surface area (Å²) < 4.78 is 5.44. The number of nitrogens with one attached hydrogen (secondary N) is 2. The number of nitrogens with zero attached hydrogens (tertiary/aromatic N) is 3. The van der Waals surface area contributed by atoms with E-state index in [0.29, 0.717) is 0 Å². The fraction of sp³-hybridized carbons (Fsp3) is 0.621. The highest BCUT2D eigenvalue weighted by molar-refractivity contribution is 9.09. The quantitative estimate of drug-likeness (QED) is 0.179. The summed E-state index contributed by atoms with van der Waals surface area (Å²) in [5.74, 6) is 0.872. The molecule has 1 aliphatic heterocycles. The van der Waals surface area contributed by atoms with Crippen molar-refractivity contribution < 1.29 is 9.53 Å². The number of benzene rings is 1. The molecule has 0 spiro atoms. The maximum atomic E-state index is 12.2. The minimum Gasteiger partial charge on any atom is -0.444 e. The van der Waals surface area contributed by atoms with E-state index in [1.807, 2.05) is 33.2 Å². The molecule has 38 heavy (non-hydrogen) atoms. The largest absolute Gasteiger partial charge is 0.444 e. The summed E-state index contributed by atoms with van der Waals surface area (Å²) in [5.41, 5.74) is 0.365. The van der Waals surface area contributed by atoms with Crippen molar-refractivity contribution in [1.82, 2.24) is 15.3 Å². The fourth-order valence-electron chi connectivity index (χ4n) is 4.38. The van der Waals surface area contributed by atoms with Crippen LogP contribution in [0.2, 0.25) is 0 Å². The zero-order valence-electron chi connectivity index (χ0n) is 23.4. The van der Waals surface area contributed by atoms with Crippen LogP contribution < -0.4 is 15.5 Å². The van der Waals surface area contributed by atoms with E-state index in [0.717, 1.165) is 59.2 Å². The molecule has 0 atom stereocenters. The van der Waals surface area contributed by atoms with Crippen LogP contribution in [0.25, 0.3) is 0 Å². The maximum absolute atomic E-state index is 12.2. The molecule has 1 aromatic heterocycles. The van der Waals surface area contributed by atoms with Crippen molar-refractivity contribution in [3.05, 3.63) is 36.7 Å². The van der Waals surface area contributed by atoms with Gasteiger partial charge in [-0.05, 0) is 71.6 Å². The number of halogens is 1. The second-order valence-corrected chi connectivity index (χ2v) is 13.1. The molecule has 2 N–H and O–H groups in total. The highest BCUT2D eigenvalue weighted by Crippen LogP contribution is 2.30. The SMILES string of the molecule is CC1(NC(=O)OC(C)(C)C)CCN(c2cnc(Sc3cccc(NCCCCCCCCBr)c3)cn2)CC1. The van der Waals surface area contributed by atoms with Crippen LogP contribution in [-0.2, 0) is 4.74 Å². The van der Waals surface area contributed by atoms with E-state index in [2.05, 4.69) is 72.6 Å². The average molecular weight is 607 g/mol. The van der Waals surface area contributed by atoms with Crippen molar-refractivity contribution in [3.8, 4) is 0 Å². The van der Waals surface area contributed by atoms with Gasteiger partial charge in [-0.2, -0.15) is 0 Å². The van der Waals surface area contributed by atoms with Crippen molar-refractivity contribution in [2.75, 3.05) is 35.2 Å². The number of rotatable bonds is 13. The Labute approximate surface area is 241 Å². The van der Waals surface area contributed by atoms with Crippen LogP contribution in [0, 0.1) is 0 Å². The van der Waals surface area contributed by atoms with E-state index in [1.54, 1.807) is 11.8 Å². The number of carbonyl (C=O) groups is 1. The minimum atomic E-state index is -0.500. The molecule has 2 heterocycles. The lowest BCUT2D eigenvalue weighted by Crippen LogP contribution is -2.54. The first-order valence-electron chi connectivity index (χ1n) is 13.8. The third kappa shape index (κ3) is 11.0. The summed E-state index contributed by atoms with van der Waals surface area (Å²) in [5, 5.41) is 8.61. The molecule has 7 nitrogen and oxygen atoms in total. The Hall–Kier alpha value is -2.00. The molecular weight excluding hydrogens is 562 g/mol. The Kier molecular flexibility index (Phi) is 12.0. The van der Waals surface area contributed by atoms with Crippen molar-refractivity contribution in [2.24, 2.45) is 0 Å². The molecule has 3 rings (SSSR count). The highest BCUT2D eigenvalue weighted by atomic mass is 79.9. The van der Waals surface area contributed by atoms with Gasteiger partial charge in [-0.25, -0.2) is 14.8 Å². The summed E-state index contributed by atoms with van der Waals surface area (Å²) in [6, 6.07) is 8.50. The smallest absolute Gasteiger partial charge is 0.408 e. The molecule has 1 amide bonds. The number of amides is 1. The minimum absolute atomic E-state index is 0.284. The number of hydrogen-bond donors (Lipinski definition) is 2. The van der Waals surface area contributed by atoms with Gasteiger partial charge in [0.25, 0.3) is 0 Å². The van der Waals surface area contributed by atoms with Crippen molar-refractivity contribution in [2.45, 2.75) is 100 Å². The van der Waals surface area contributed by atoms with Crippen LogP contribution in [0.4, 0.5) is 16.3 Å². The first kappa shape index (κ1) is 30.5. The number of alkyl halides is 1. The van der Waals surface area contributed by atoms with Crippen LogP contribution in [0.1, 0.15) is 79.1 Å². The van der Waals surface area contributed by atoms with E-state index >= 15 is 0 Å². The number of hydrogen-bond acceptors (Lipinski definition) is 7. The van der Waals surface area contributed by atoms with Gasteiger partial charge in [-0.15, -0.1) is 0 Å². The summed E-state index contributed by atoms with van der Waals surface area (Å²) in [6.07, 6.45) is 12.7. The number of unbranched alkanes of at least 4 members (excludes halogenated alkanes) is 5. The van der Waals surface area contributed by atoms with E-state index in [9.17, 15) is 4.79 Å². The van der Waals surface area contributed by atoms with Crippen LogP contribution in [0.5, 0.6) is 0 Å². The van der Waals surface area contributed by atoms with Gasteiger partial charge in [-0.1, -0.05) is 59.4 Å². The standard InChI is InChI=1S/C29H44BrN5O2S/c1-28(2,3)37-27(36)34-29(4)14-18-35(19-15-29)25-21-33-26(22-32-25)38-24-13-11-12-23(20-24)31-17-10-8-6-5-7-9-16-30/h11-13,20-22,31H,5-10,14-19H2,1-4H3,(H,34,36). The van der Waals surface area contributed by atoms with Crippen LogP contribution in [-0.4, -0.2) is 52.2 Å². The van der Waals surface area contributed by atoms with Gasteiger partial charge in [-0.3, -0.25) is 0 Å². The third-order valence-corrected chi connectivity index (χ3v) is 8.02. The van der Waals surface area contributed by atoms with E-state index in [1.165, 1.54) is 38.5 Å². The Balaban J connectivity index is 1.42. The monoisotopic (exact) mass is 605 g/mol. The molecule has 0 radical (unpaired) electrons. The molecule has 0 bridgehead atoms. The molecule has 9 heteroatoms. The Morgan fingerprint density at radius 2 is 1.79 bits per heavy atom. The first-order valence-corrected chi connectivity index (χ1v) is 15.8. The molecule has 0 unspecified atom stereocenters. The highest BCUT2D eigenvalue weighted by Gasteiger charge is 2.33. The maximum Gasteiger partial charge on any atom is 0.408 e. The van der Waals surface area contributed by atoms with E-state index < -0.39 is 5.60 Å². The molecule has 1 aromatic carbocycles. The molecule has 1 saturated heterocycles. The molecule has 1 aliphatic rings. The third-order valence-electron chi connectivity index (χ3n) is 6.55. The van der Waals surface area contributed by atoms with Gasteiger partial charge in [0, 0.05) is 41.1 Å². The van der Waals surface area contributed by atoms with Crippen LogP contribution >= 0.6 is 27.7 Å². The second-order valence-electron chi connectivity index (χ2n) is 11.3. The summed E-state index contributed by atoms with van der Waals surface area (Å²) in [7, 11) is 0. The normalized spacial score (nSPS) is 15.2. The lowest BCUT2D eigenvalue weighted by molar-refractivity contribution is 0.0448. The molecule has 2 aromatic rings. The topological polar surface area (TPSA) is 79.4 Å². The predicted molar refractivity (Wildman–Crippen MR) is 162 cm³/mol. The zero-order chi connectivity index (χ0) is 27.4. The van der Waals surface area contributed by atoms with Gasteiger partial charge < -0.3 is 20.3 Å². The van der Waals surface area contributed by atoms with Crippen LogP contribution in [0.3, 0.4) is 0 Å². The van der Waals surface area contributed by atoms with Gasteiger partial charge in [0.15, 0.2) is 0 Å². The summed E-state index contributed by atoms with van der Waals surface area (Å²) in [6.45, 7) is 10.3. The summed E-state index contributed by atoms with van der Waals surface area (Å²) in [4.78, 5) is 25.0. The van der Waals surface area contributed by atoms with Crippen molar-refractivity contribution >= 4 is 45.3 Å². The van der Waals surface area contributed by atoms with Gasteiger partial charge in [0.05, 0.1) is 12.4 Å². The van der Waals surface area contributed by atoms with Gasteiger partial charge in [0.1, 0.15) is 16.4 Å². The molecule has 0 saturated carbocycles. The predicted octanol–water partition coefficient (Wildman–Crippen LogP) is 7.66. The van der Waals surface area contributed by atoms with E-state index in [4.69, 9.17) is 4.74 Å². The number of anilines is 2. The van der Waals surface area contributed by atoms with Gasteiger partial charge >= 0.3 is 6.09 Å². The summed E-state index contributed by atoms with van der Waals surface area (Å²) >= 11 is 5.12. The molecule has 1 fully saturated rings. The molecule has 0 aliphatic carbocycles. The average Bonchev–Trinajstić information content (AvgIpc) is 2.85. The number of piperidine rings is 1. The zero-order valence-corrected chi connectivity index (χ0v) is 25.8. The number of alkyl carbamates (subject to hydrolysis) is 1. The fourth-order valence-corrected chi connectivity index (χ4v) is 5.56. The number of ether oxygens (including phenoxy) is 1. The lowest BCUT2D eigenvalue weighted by atomic mass is 9.90. The number of carbonyl (C=O) groups excluding carboxylic acids is 1. The van der Waals surface area contributed by atoms with E-state index in [-0.39, 0.29) is 11.6 Å². The molecule has 210 valence electrons. The first-order chi connectivity index (χ1) is 18.2. The van der Waals surface area contributed by atoms with Crippen molar-refractivity contribution in [1.29, 1.82) is 0 Å². The van der Waals surface area contributed by atoms with Crippen molar-refractivity contribution in [3.63, 3.8) is 0 Å². The lowest BCUT2D eigenvalue weighted by Gasteiger charge is -2.40. The Morgan fingerprint density at radius 1 is 1.08 bits per heavy atom. The van der Waals surface area contributed by atoms with Gasteiger partial charge in [0.2, 0.25) is 0 Å². The van der Waals surface area contributed by atoms with Crippen LogP contribution in [0.15, 0.2) is 46.6 Å². The second kappa shape index (κ2) is 15.0. The Morgan fingerprint density at radius 3 is 2.45 bits per heavy atom. The number of aromatic nitrogens is 2.